The maximum atomic E-state index is 11.3. The summed E-state index contributed by atoms with van der Waals surface area (Å²) in [6.45, 7) is 3.48. The molecule has 1 saturated carbocycles. The van der Waals surface area contributed by atoms with Gasteiger partial charge in [0, 0.05) is 0 Å². The fraction of sp³-hybridized carbons (Fsp3) is 0.625. The van der Waals surface area contributed by atoms with Crippen molar-refractivity contribution in [1.29, 1.82) is 0 Å². The van der Waals surface area contributed by atoms with E-state index in [0.717, 1.165) is 0 Å². The van der Waals surface area contributed by atoms with Gasteiger partial charge >= 0.3 is 0 Å². The molecule has 66 valence electrons. The molecule has 1 heterocycles. The molecule has 2 fully saturated rings. The van der Waals surface area contributed by atoms with E-state index in [-0.39, 0.29) is 11.9 Å². The Morgan fingerprint density at radius 1 is 1.50 bits per heavy atom. The van der Waals surface area contributed by atoms with E-state index in [1.807, 2.05) is 0 Å². The standard InChI is InChI=1S/C8H11NO3/c1-2-9-5-3-4(8(9)12)6(10)7(5)11/h2,4-7,10-11H,1,3H2. The number of carbonyl (C=O) groups is 1. The van der Waals surface area contributed by atoms with Crippen molar-refractivity contribution in [3.8, 4) is 0 Å². The first-order chi connectivity index (χ1) is 5.66. The SMILES string of the molecule is C=CN1C(=O)C2CC1C(O)C2O. The van der Waals surface area contributed by atoms with E-state index in [9.17, 15) is 15.0 Å². The fourth-order valence-corrected chi connectivity index (χ4v) is 2.11. The molecule has 0 spiro atoms. The molecule has 0 aromatic rings. The average molecular weight is 169 g/mol. The number of nitrogens with zero attached hydrogens (tertiary/aromatic N) is 1. The molecule has 2 bridgehead atoms. The lowest BCUT2D eigenvalue weighted by Gasteiger charge is -2.30. The van der Waals surface area contributed by atoms with Crippen molar-refractivity contribution in [3.05, 3.63) is 12.8 Å². The summed E-state index contributed by atoms with van der Waals surface area (Å²) in [6.07, 6.45) is 0.291. The third-order valence-electron chi connectivity index (χ3n) is 2.78. The van der Waals surface area contributed by atoms with E-state index in [1.54, 1.807) is 0 Å². The second-order valence-corrected chi connectivity index (χ2v) is 3.32. The summed E-state index contributed by atoms with van der Waals surface area (Å²) in [5, 5.41) is 18.8. The van der Waals surface area contributed by atoms with Crippen molar-refractivity contribution >= 4 is 5.91 Å². The number of hydrogen-bond donors (Lipinski definition) is 2. The summed E-state index contributed by atoms with van der Waals surface area (Å²) in [5.74, 6) is -0.532. The van der Waals surface area contributed by atoms with Crippen LogP contribution in [-0.4, -0.2) is 39.3 Å². The van der Waals surface area contributed by atoms with Crippen LogP contribution in [0.2, 0.25) is 0 Å². The number of aliphatic hydroxyl groups is 2. The van der Waals surface area contributed by atoms with E-state index in [1.165, 1.54) is 11.1 Å². The number of hydrogen-bond acceptors (Lipinski definition) is 3. The first kappa shape index (κ1) is 7.76. The summed E-state index contributed by atoms with van der Waals surface area (Å²) < 4.78 is 0. The quantitative estimate of drug-likeness (QED) is 0.534. The highest BCUT2D eigenvalue weighted by molar-refractivity contribution is 5.84. The van der Waals surface area contributed by atoms with Crippen LogP contribution in [-0.2, 0) is 4.79 Å². The summed E-state index contributed by atoms with van der Waals surface area (Å²) >= 11 is 0. The number of rotatable bonds is 1. The van der Waals surface area contributed by atoms with Gasteiger partial charge in [-0.05, 0) is 12.6 Å². The largest absolute Gasteiger partial charge is 0.390 e. The highest BCUT2D eigenvalue weighted by Gasteiger charge is 2.55. The summed E-state index contributed by atoms with van der Waals surface area (Å²) in [7, 11) is 0. The molecular weight excluding hydrogens is 158 g/mol. The van der Waals surface area contributed by atoms with Crippen LogP contribution < -0.4 is 0 Å². The normalized spacial score (nSPS) is 45.5. The van der Waals surface area contributed by atoms with E-state index in [4.69, 9.17) is 0 Å². The minimum atomic E-state index is -0.876. The Morgan fingerprint density at radius 3 is 2.67 bits per heavy atom. The van der Waals surface area contributed by atoms with Crippen molar-refractivity contribution < 1.29 is 15.0 Å². The maximum Gasteiger partial charge on any atom is 0.232 e. The predicted octanol–water partition coefficient (Wildman–Crippen LogP) is -0.918. The van der Waals surface area contributed by atoms with Gasteiger partial charge in [0.15, 0.2) is 0 Å². The van der Waals surface area contributed by atoms with Gasteiger partial charge in [0.2, 0.25) is 5.91 Å². The van der Waals surface area contributed by atoms with Crippen molar-refractivity contribution in [2.45, 2.75) is 24.7 Å². The Morgan fingerprint density at radius 2 is 2.17 bits per heavy atom. The van der Waals surface area contributed by atoms with Gasteiger partial charge in [-0.3, -0.25) is 4.79 Å². The zero-order valence-corrected chi connectivity index (χ0v) is 6.55. The number of aliphatic hydroxyl groups excluding tert-OH is 2. The van der Waals surface area contributed by atoms with Crippen LogP contribution in [0.5, 0.6) is 0 Å². The van der Waals surface area contributed by atoms with Gasteiger partial charge in [0.25, 0.3) is 0 Å². The van der Waals surface area contributed by atoms with Crippen molar-refractivity contribution in [2.75, 3.05) is 0 Å². The summed E-state index contributed by atoms with van der Waals surface area (Å²) in [5.41, 5.74) is 0. The molecule has 1 aliphatic carbocycles. The maximum absolute atomic E-state index is 11.3. The Labute approximate surface area is 70.1 Å². The summed E-state index contributed by atoms with van der Waals surface area (Å²) in [4.78, 5) is 12.8. The number of carbonyl (C=O) groups excluding carboxylic acids is 1. The molecule has 12 heavy (non-hydrogen) atoms. The molecule has 1 amide bonds. The number of amides is 1. The molecule has 4 heteroatoms. The monoisotopic (exact) mass is 169 g/mol. The first-order valence-electron chi connectivity index (χ1n) is 3.97. The molecule has 4 unspecified atom stereocenters. The molecule has 1 saturated heterocycles. The zero-order chi connectivity index (χ0) is 8.88. The molecular formula is C8H11NO3. The van der Waals surface area contributed by atoms with Gasteiger partial charge in [-0.1, -0.05) is 6.58 Å². The van der Waals surface area contributed by atoms with Crippen LogP contribution in [0.1, 0.15) is 6.42 Å². The van der Waals surface area contributed by atoms with Crippen LogP contribution in [0.3, 0.4) is 0 Å². The molecule has 4 atom stereocenters. The third kappa shape index (κ3) is 0.711. The number of fused-ring (bicyclic) bond motifs is 2. The smallest absolute Gasteiger partial charge is 0.232 e. The molecule has 2 rings (SSSR count). The Kier molecular flexibility index (Phi) is 1.49. The lowest BCUT2D eigenvalue weighted by atomic mass is 10.0. The minimum Gasteiger partial charge on any atom is -0.390 e. The van der Waals surface area contributed by atoms with Gasteiger partial charge in [-0.2, -0.15) is 0 Å². The van der Waals surface area contributed by atoms with Crippen molar-refractivity contribution in [3.63, 3.8) is 0 Å². The van der Waals surface area contributed by atoms with Crippen LogP contribution in [0.25, 0.3) is 0 Å². The zero-order valence-electron chi connectivity index (χ0n) is 6.55. The molecule has 2 aliphatic rings. The van der Waals surface area contributed by atoms with E-state index < -0.39 is 18.1 Å². The first-order valence-corrected chi connectivity index (χ1v) is 3.97. The molecule has 1 aliphatic heterocycles. The Hall–Kier alpha value is -0.870. The second kappa shape index (κ2) is 2.31. The summed E-state index contributed by atoms with van der Waals surface area (Å²) in [6, 6.07) is -0.255. The predicted molar refractivity (Wildman–Crippen MR) is 41.0 cm³/mol. The van der Waals surface area contributed by atoms with Crippen molar-refractivity contribution in [2.24, 2.45) is 5.92 Å². The van der Waals surface area contributed by atoms with E-state index in [0.29, 0.717) is 6.42 Å². The minimum absolute atomic E-state index is 0.118. The average Bonchev–Trinajstić information content (AvgIpc) is 2.51. The molecule has 2 N–H and O–H groups in total. The lowest BCUT2D eigenvalue weighted by Crippen LogP contribution is -2.48. The fourth-order valence-electron chi connectivity index (χ4n) is 2.11. The highest BCUT2D eigenvalue weighted by atomic mass is 16.3. The highest BCUT2D eigenvalue weighted by Crippen LogP contribution is 2.38. The lowest BCUT2D eigenvalue weighted by molar-refractivity contribution is -0.142. The van der Waals surface area contributed by atoms with Crippen molar-refractivity contribution in [1.82, 2.24) is 4.90 Å². The third-order valence-corrected chi connectivity index (χ3v) is 2.78. The number of likely N-dealkylation sites (tertiary alicyclic amines) is 1. The van der Waals surface area contributed by atoms with Crippen LogP contribution >= 0.6 is 0 Å². The van der Waals surface area contributed by atoms with E-state index in [2.05, 4.69) is 6.58 Å². The molecule has 4 nitrogen and oxygen atoms in total. The van der Waals surface area contributed by atoms with Crippen LogP contribution in [0, 0.1) is 5.92 Å². The Balaban J connectivity index is 2.29. The van der Waals surface area contributed by atoms with E-state index >= 15 is 0 Å². The van der Waals surface area contributed by atoms with Crippen LogP contribution in [0.4, 0.5) is 0 Å². The molecule has 0 radical (unpaired) electrons. The Bertz CT molecular complexity index is 240. The van der Waals surface area contributed by atoms with Gasteiger partial charge in [-0.25, -0.2) is 0 Å². The topological polar surface area (TPSA) is 60.8 Å². The van der Waals surface area contributed by atoms with Gasteiger partial charge in [0.05, 0.1) is 18.1 Å². The molecule has 0 aromatic heterocycles. The molecule has 0 aromatic carbocycles. The van der Waals surface area contributed by atoms with Crippen LogP contribution in [0.15, 0.2) is 12.8 Å². The number of piperidine rings is 1. The second-order valence-electron chi connectivity index (χ2n) is 3.32. The van der Waals surface area contributed by atoms with Gasteiger partial charge < -0.3 is 15.1 Å². The van der Waals surface area contributed by atoms with Gasteiger partial charge in [0.1, 0.15) is 6.10 Å². The van der Waals surface area contributed by atoms with Gasteiger partial charge in [-0.15, -0.1) is 0 Å².